The number of fused-ring (bicyclic) bond motifs is 1. The summed E-state index contributed by atoms with van der Waals surface area (Å²) in [6.07, 6.45) is 1.96. The molecule has 0 unspecified atom stereocenters. The van der Waals surface area contributed by atoms with Gasteiger partial charge in [0.15, 0.2) is 0 Å². The Bertz CT molecular complexity index is 823. The minimum absolute atomic E-state index is 0.0160. The van der Waals surface area contributed by atoms with Crippen molar-refractivity contribution < 1.29 is 4.79 Å². The summed E-state index contributed by atoms with van der Waals surface area (Å²) in [4.78, 5) is 16.5. The van der Waals surface area contributed by atoms with Crippen LogP contribution in [-0.2, 0) is 4.79 Å². The van der Waals surface area contributed by atoms with Gasteiger partial charge in [-0.25, -0.2) is 0 Å². The highest BCUT2D eigenvalue weighted by molar-refractivity contribution is 8.00. The van der Waals surface area contributed by atoms with Crippen molar-refractivity contribution in [3.05, 3.63) is 59.8 Å². The maximum atomic E-state index is 12.1. The molecule has 0 saturated carbocycles. The fourth-order valence-corrected chi connectivity index (χ4v) is 3.28. The molecule has 0 spiro atoms. The molecule has 1 aromatic heterocycles. The lowest BCUT2D eigenvalue weighted by Gasteiger charge is -2.08. The van der Waals surface area contributed by atoms with Crippen LogP contribution in [0.25, 0.3) is 10.9 Å². The van der Waals surface area contributed by atoms with Gasteiger partial charge in [-0.1, -0.05) is 35.9 Å². The Kier molecular flexibility index (Phi) is 4.20. The lowest BCUT2D eigenvalue weighted by molar-refractivity contribution is -0.113. The Balaban J connectivity index is 1.65. The Hall–Kier alpha value is -2.20. The topological polar surface area (TPSA) is 44.9 Å². The van der Waals surface area contributed by atoms with Crippen molar-refractivity contribution in [3.8, 4) is 0 Å². The largest absolute Gasteiger partial charge is 0.360 e. The van der Waals surface area contributed by atoms with E-state index in [2.05, 4.69) is 22.4 Å². The molecule has 112 valence electrons. The number of para-hydroxylation sites is 1. The molecule has 3 aromatic rings. The molecule has 1 amide bonds. The smallest absolute Gasteiger partial charge is 0.234 e. The molecule has 0 bridgehead atoms. The van der Waals surface area contributed by atoms with E-state index in [4.69, 9.17) is 0 Å². The molecule has 0 aliphatic rings. The number of hydrogen-bond acceptors (Lipinski definition) is 2. The van der Waals surface area contributed by atoms with E-state index in [0.717, 1.165) is 27.0 Å². The van der Waals surface area contributed by atoms with Crippen LogP contribution in [0.5, 0.6) is 0 Å². The number of anilines is 1. The lowest BCUT2D eigenvalue weighted by atomic mass is 10.1. The molecule has 3 nitrogen and oxygen atoms in total. The van der Waals surface area contributed by atoms with Crippen LogP contribution < -0.4 is 5.32 Å². The maximum absolute atomic E-state index is 12.1. The van der Waals surface area contributed by atoms with Gasteiger partial charge >= 0.3 is 0 Å². The van der Waals surface area contributed by atoms with Crippen molar-refractivity contribution in [2.24, 2.45) is 0 Å². The van der Waals surface area contributed by atoms with Gasteiger partial charge in [0.05, 0.1) is 5.75 Å². The molecule has 1 heterocycles. The highest BCUT2D eigenvalue weighted by Gasteiger charge is 2.08. The second-order valence-corrected chi connectivity index (χ2v) is 6.37. The van der Waals surface area contributed by atoms with Crippen molar-refractivity contribution in [2.75, 3.05) is 11.1 Å². The first kappa shape index (κ1) is 14.7. The quantitative estimate of drug-likeness (QED) is 0.696. The molecule has 22 heavy (non-hydrogen) atoms. The Labute approximate surface area is 134 Å². The van der Waals surface area contributed by atoms with Gasteiger partial charge in [0, 0.05) is 27.7 Å². The zero-order chi connectivity index (χ0) is 15.5. The zero-order valence-corrected chi connectivity index (χ0v) is 13.5. The molecule has 2 N–H and O–H groups in total. The molecule has 0 aliphatic heterocycles. The van der Waals surface area contributed by atoms with Gasteiger partial charge < -0.3 is 10.3 Å². The second kappa shape index (κ2) is 6.28. The van der Waals surface area contributed by atoms with Crippen molar-refractivity contribution in [1.82, 2.24) is 4.98 Å². The number of aryl methyl sites for hydroxylation is 2. The summed E-state index contributed by atoms with van der Waals surface area (Å²) in [7, 11) is 0. The predicted octanol–water partition coefficient (Wildman–Crippen LogP) is 4.52. The molecule has 0 fully saturated rings. The molecular weight excluding hydrogens is 292 g/mol. The van der Waals surface area contributed by atoms with Crippen LogP contribution in [0.1, 0.15) is 11.1 Å². The van der Waals surface area contributed by atoms with Crippen LogP contribution in [0.3, 0.4) is 0 Å². The average Bonchev–Trinajstić information content (AvgIpc) is 2.91. The summed E-state index contributed by atoms with van der Waals surface area (Å²) in [5, 5.41) is 4.14. The van der Waals surface area contributed by atoms with Crippen molar-refractivity contribution in [2.45, 2.75) is 18.7 Å². The fourth-order valence-electron chi connectivity index (χ4n) is 2.45. The number of carbonyl (C=O) groups is 1. The van der Waals surface area contributed by atoms with Crippen molar-refractivity contribution in [1.29, 1.82) is 0 Å². The highest BCUT2D eigenvalue weighted by atomic mass is 32.2. The molecule has 0 saturated heterocycles. The van der Waals surface area contributed by atoms with E-state index in [9.17, 15) is 4.79 Å². The minimum atomic E-state index is 0.0160. The van der Waals surface area contributed by atoms with Crippen LogP contribution in [0.15, 0.2) is 53.6 Å². The predicted molar refractivity (Wildman–Crippen MR) is 93.6 cm³/mol. The van der Waals surface area contributed by atoms with E-state index in [-0.39, 0.29) is 5.91 Å². The van der Waals surface area contributed by atoms with Gasteiger partial charge in [-0.2, -0.15) is 0 Å². The van der Waals surface area contributed by atoms with Gasteiger partial charge in [0.2, 0.25) is 5.91 Å². The first-order valence-electron chi connectivity index (χ1n) is 7.19. The standard InChI is InChI=1S/C18H18N2OS/c1-12-7-8-15(13(2)9-12)20-18(21)11-22-17-10-19-16-6-4-3-5-14(16)17/h3-10,19H,11H2,1-2H3,(H,20,21). The molecular formula is C18H18N2OS. The van der Waals surface area contributed by atoms with E-state index in [0.29, 0.717) is 5.75 Å². The summed E-state index contributed by atoms with van der Waals surface area (Å²) in [6.45, 7) is 4.06. The average molecular weight is 310 g/mol. The normalized spacial score (nSPS) is 10.8. The van der Waals surface area contributed by atoms with Gasteiger partial charge in [-0.05, 0) is 31.5 Å². The maximum Gasteiger partial charge on any atom is 0.234 e. The second-order valence-electron chi connectivity index (χ2n) is 5.35. The molecule has 2 aromatic carbocycles. The van der Waals surface area contributed by atoms with E-state index < -0.39 is 0 Å². The molecule has 3 rings (SSSR count). The third-order valence-corrected chi connectivity index (χ3v) is 4.62. The summed E-state index contributed by atoms with van der Waals surface area (Å²) in [6, 6.07) is 14.2. The van der Waals surface area contributed by atoms with Crippen LogP contribution in [0.4, 0.5) is 5.69 Å². The van der Waals surface area contributed by atoms with E-state index >= 15 is 0 Å². The number of carbonyl (C=O) groups excluding carboxylic acids is 1. The van der Waals surface area contributed by atoms with Crippen LogP contribution in [-0.4, -0.2) is 16.6 Å². The Morgan fingerprint density at radius 1 is 1.18 bits per heavy atom. The van der Waals surface area contributed by atoms with Crippen LogP contribution >= 0.6 is 11.8 Å². The first-order chi connectivity index (χ1) is 10.6. The minimum Gasteiger partial charge on any atom is -0.360 e. The van der Waals surface area contributed by atoms with Crippen LogP contribution in [0, 0.1) is 13.8 Å². The SMILES string of the molecule is Cc1ccc(NC(=O)CSc2c[nH]c3ccccc23)c(C)c1. The number of aromatic amines is 1. The van der Waals surface area contributed by atoms with Gasteiger partial charge in [0.25, 0.3) is 0 Å². The Morgan fingerprint density at radius 2 is 2.00 bits per heavy atom. The monoisotopic (exact) mass is 310 g/mol. The number of nitrogens with one attached hydrogen (secondary N) is 2. The van der Waals surface area contributed by atoms with E-state index in [1.165, 1.54) is 5.56 Å². The summed E-state index contributed by atoms with van der Waals surface area (Å²) in [5.74, 6) is 0.414. The van der Waals surface area contributed by atoms with Gasteiger partial charge in [-0.3, -0.25) is 4.79 Å². The van der Waals surface area contributed by atoms with Gasteiger partial charge in [-0.15, -0.1) is 11.8 Å². The number of rotatable bonds is 4. The molecule has 4 heteroatoms. The van der Waals surface area contributed by atoms with Crippen molar-refractivity contribution in [3.63, 3.8) is 0 Å². The van der Waals surface area contributed by atoms with Gasteiger partial charge in [0.1, 0.15) is 0 Å². The molecule has 0 aliphatic carbocycles. The number of hydrogen-bond donors (Lipinski definition) is 2. The van der Waals surface area contributed by atoms with Crippen molar-refractivity contribution >= 4 is 34.3 Å². The fraction of sp³-hybridized carbons (Fsp3) is 0.167. The third kappa shape index (κ3) is 3.17. The number of thioether (sulfide) groups is 1. The number of H-pyrrole nitrogens is 1. The summed E-state index contributed by atoms with van der Waals surface area (Å²) < 4.78 is 0. The number of benzene rings is 2. The summed E-state index contributed by atoms with van der Waals surface area (Å²) in [5.41, 5.74) is 4.27. The Morgan fingerprint density at radius 3 is 2.82 bits per heavy atom. The van der Waals surface area contributed by atoms with E-state index in [1.807, 2.05) is 50.4 Å². The van der Waals surface area contributed by atoms with Crippen LogP contribution in [0.2, 0.25) is 0 Å². The zero-order valence-electron chi connectivity index (χ0n) is 12.6. The molecule has 0 atom stereocenters. The summed E-state index contributed by atoms with van der Waals surface area (Å²) >= 11 is 1.55. The number of aromatic nitrogens is 1. The molecule has 0 radical (unpaired) electrons. The number of amides is 1. The third-order valence-electron chi connectivity index (χ3n) is 3.57. The highest BCUT2D eigenvalue weighted by Crippen LogP contribution is 2.27. The van der Waals surface area contributed by atoms with E-state index in [1.54, 1.807) is 11.8 Å². The lowest BCUT2D eigenvalue weighted by Crippen LogP contribution is -2.14. The first-order valence-corrected chi connectivity index (χ1v) is 8.18.